The molecule has 0 spiro atoms. The van der Waals surface area contributed by atoms with Crippen LogP contribution in [0.15, 0.2) is 18.2 Å². The Bertz CT molecular complexity index is 407. The number of halogens is 2. The third-order valence-electron chi connectivity index (χ3n) is 2.03. The van der Waals surface area contributed by atoms with Crippen LogP contribution < -0.4 is 5.32 Å². The van der Waals surface area contributed by atoms with Gasteiger partial charge < -0.3 is 10.4 Å². The number of rotatable bonds is 3. The maximum absolute atomic E-state index is 12.9. The molecule has 1 aromatic rings. The molecular weight excluding hydrogens is 233 g/mol. The Morgan fingerprint density at radius 3 is 2.69 bits per heavy atom. The van der Waals surface area contributed by atoms with Crippen molar-refractivity contribution in [3.63, 3.8) is 0 Å². The summed E-state index contributed by atoms with van der Waals surface area (Å²) in [6, 6.07) is 3.72. The number of nitrogens with one attached hydrogen (secondary N) is 1. The number of aliphatic hydroxyl groups is 1. The van der Waals surface area contributed by atoms with Crippen LogP contribution in [0.25, 0.3) is 0 Å². The Morgan fingerprint density at radius 1 is 1.56 bits per heavy atom. The molecule has 0 unspecified atom stereocenters. The lowest BCUT2D eigenvalue weighted by Gasteiger charge is -2.23. The number of carbonyl (C=O) groups excluding carboxylic acids is 1. The molecule has 0 radical (unpaired) electrons. The maximum atomic E-state index is 12.9. The third kappa shape index (κ3) is 3.18. The fraction of sp³-hybridized carbons (Fsp3) is 0.364. The molecule has 2 N–H and O–H groups in total. The van der Waals surface area contributed by atoms with E-state index in [4.69, 9.17) is 16.7 Å². The molecule has 0 heterocycles. The fourth-order valence-electron chi connectivity index (χ4n) is 1.06. The van der Waals surface area contributed by atoms with Gasteiger partial charge in [-0.2, -0.15) is 0 Å². The quantitative estimate of drug-likeness (QED) is 0.856. The van der Waals surface area contributed by atoms with Gasteiger partial charge in [0.25, 0.3) is 5.91 Å². The molecule has 16 heavy (non-hydrogen) atoms. The standard InChI is InChI=1S/C11H13ClFNO2/c1-11(2,6-15)14-10(16)7-3-4-9(13)8(12)5-7/h3-5,15H,6H2,1-2H3,(H,14,16). The van der Waals surface area contributed by atoms with Crippen molar-refractivity contribution in [3.8, 4) is 0 Å². The van der Waals surface area contributed by atoms with Crippen LogP contribution in [0.4, 0.5) is 4.39 Å². The van der Waals surface area contributed by atoms with E-state index in [-0.39, 0.29) is 17.2 Å². The van der Waals surface area contributed by atoms with Crippen LogP contribution in [0.2, 0.25) is 5.02 Å². The van der Waals surface area contributed by atoms with E-state index in [0.29, 0.717) is 0 Å². The van der Waals surface area contributed by atoms with E-state index in [1.807, 2.05) is 0 Å². The number of amides is 1. The molecule has 0 aromatic heterocycles. The normalized spacial score (nSPS) is 11.3. The van der Waals surface area contributed by atoms with E-state index in [2.05, 4.69) is 5.32 Å². The molecule has 1 rings (SSSR count). The van der Waals surface area contributed by atoms with Crippen molar-refractivity contribution in [2.75, 3.05) is 6.61 Å². The lowest BCUT2D eigenvalue weighted by Crippen LogP contribution is -2.46. The first-order chi connectivity index (χ1) is 7.35. The van der Waals surface area contributed by atoms with Crippen molar-refractivity contribution >= 4 is 17.5 Å². The van der Waals surface area contributed by atoms with Crippen LogP contribution in [0.1, 0.15) is 24.2 Å². The lowest BCUT2D eigenvalue weighted by molar-refractivity contribution is 0.0869. The highest BCUT2D eigenvalue weighted by atomic mass is 35.5. The highest BCUT2D eigenvalue weighted by Gasteiger charge is 2.20. The molecule has 0 aliphatic heterocycles. The predicted molar refractivity (Wildman–Crippen MR) is 60.0 cm³/mol. The molecule has 88 valence electrons. The van der Waals surface area contributed by atoms with Crippen LogP contribution in [0.3, 0.4) is 0 Å². The smallest absolute Gasteiger partial charge is 0.251 e. The van der Waals surface area contributed by atoms with E-state index in [9.17, 15) is 9.18 Å². The summed E-state index contributed by atoms with van der Waals surface area (Å²) >= 11 is 5.56. The summed E-state index contributed by atoms with van der Waals surface area (Å²) in [5, 5.41) is 11.5. The second kappa shape index (κ2) is 4.80. The molecule has 1 amide bonds. The van der Waals surface area contributed by atoms with Crippen LogP contribution in [0.5, 0.6) is 0 Å². The zero-order valence-electron chi connectivity index (χ0n) is 9.05. The Kier molecular flexibility index (Phi) is 3.88. The molecule has 5 heteroatoms. The van der Waals surface area contributed by atoms with Crippen molar-refractivity contribution in [2.24, 2.45) is 0 Å². The Hall–Kier alpha value is -1.13. The second-order valence-electron chi connectivity index (χ2n) is 4.13. The Morgan fingerprint density at radius 2 is 2.19 bits per heavy atom. The van der Waals surface area contributed by atoms with Crippen LogP contribution in [0, 0.1) is 5.82 Å². The first kappa shape index (κ1) is 12.9. The van der Waals surface area contributed by atoms with Gasteiger partial charge >= 0.3 is 0 Å². The minimum Gasteiger partial charge on any atom is -0.394 e. The van der Waals surface area contributed by atoms with Crippen molar-refractivity contribution in [1.82, 2.24) is 5.32 Å². The van der Waals surface area contributed by atoms with Gasteiger partial charge in [0.15, 0.2) is 0 Å². The number of carbonyl (C=O) groups is 1. The minimum absolute atomic E-state index is 0.102. The first-order valence-electron chi connectivity index (χ1n) is 4.74. The summed E-state index contributed by atoms with van der Waals surface area (Å²) in [6.45, 7) is 3.17. The molecule has 0 saturated heterocycles. The van der Waals surface area contributed by atoms with E-state index in [0.717, 1.165) is 6.07 Å². The average Bonchev–Trinajstić information content (AvgIpc) is 2.21. The molecule has 0 bridgehead atoms. The summed E-state index contributed by atoms with van der Waals surface area (Å²) in [5.41, 5.74) is -0.467. The van der Waals surface area contributed by atoms with E-state index < -0.39 is 17.3 Å². The molecule has 0 atom stereocenters. The second-order valence-corrected chi connectivity index (χ2v) is 4.53. The summed E-state index contributed by atoms with van der Waals surface area (Å²) in [4.78, 5) is 11.7. The Labute approximate surface area is 98.2 Å². The van der Waals surface area contributed by atoms with Crippen molar-refractivity contribution in [2.45, 2.75) is 19.4 Å². The van der Waals surface area contributed by atoms with Gasteiger partial charge in [0.2, 0.25) is 0 Å². The third-order valence-corrected chi connectivity index (χ3v) is 2.32. The monoisotopic (exact) mass is 245 g/mol. The van der Waals surface area contributed by atoms with Crippen LogP contribution in [-0.4, -0.2) is 23.2 Å². The van der Waals surface area contributed by atoms with Gasteiger partial charge in [0.05, 0.1) is 17.2 Å². The van der Waals surface area contributed by atoms with E-state index in [1.165, 1.54) is 12.1 Å². The van der Waals surface area contributed by atoms with Gasteiger partial charge in [-0.25, -0.2) is 4.39 Å². The molecule has 0 aliphatic rings. The van der Waals surface area contributed by atoms with Gasteiger partial charge in [-0.05, 0) is 32.0 Å². The van der Waals surface area contributed by atoms with Gasteiger partial charge in [-0.1, -0.05) is 11.6 Å². The number of hydrogen-bond donors (Lipinski definition) is 2. The highest BCUT2D eigenvalue weighted by molar-refractivity contribution is 6.31. The fourth-order valence-corrected chi connectivity index (χ4v) is 1.24. The molecule has 0 saturated carbocycles. The van der Waals surface area contributed by atoms with E-state index in [1.54, 1.807) is 13.8 Å². The molecule has 0 fully saturated rings. The van der Waals surface area contributed by atoms with Crippen molar-refractivity contribution < 1.29 is 14.3 Å². The molecule has 1 aromatic carbocycles. The van der Waals surface area contributed by atoms with Crippen molar-refractivity contribution in [1.29, 1.82) is 0 Å². The number of aliphatic hydroxyl groups excluding tert-OH is 1. The minimum atomic E-state index is -0.724. The first-order valence-corrected chi connectivity index (χ1v) is 5.12. The Balaban J connectivity index is 2.85. The molecule has 0 aliphatic carbocycles. The SMILES string of the molecule is CC(C)(CO)NC(=O)c1ccc(F)c(Cl)c1. The predicted octanol–water partition coefficient (Wildman–Crippen LogP) is 1.98. The van der Waals surface area contributed by atoms with Crippen molar-refractivity contribution in [3.05, 3.63) is 34.6 Å². The van der Waals surface area contributed by atoms with Gasteiger partial charge in [0, 0.05) is 5.56 Å². The highest BCUT2D eigenvalue weighted by Crippen LogP contribution is 2.16. The van der Waals surface area contributed by atoms with Gasteiger partial charge in [0.1, 0.15) is 5.82 Å². The largest absolute Gasteiger partial charge is 0.394 e. The van der Waals surface area contributed by atoms with Crippen LogP contribution in [-0.2, 0) is 0 Å². The summed E-state index contributed by atoms with van der Waals surface area (Å²) in [6.07, 6.45) is 0. The summed E-state index contributed by atoms with van der Waals surface area (Å²) < 4.78 is 12.9. The summed E-state index contributed by atoms with van der Waals surface area (Å²) in [5.74, 6) is -0.972. The molecule has 3 nitrogen and oxygen atoms in total. The van der Waals surface area contributed by atoms with Gasteiger partial charge in [-0.15, -0.1) is 0 Å². The number of benzene rings is 1. The molecular formula is C11H13ClFNO2. The number of hydrogen-bond acceptors (Lipinski definition) is 2. The van der Waals surface area contributed by atoms with E-state index >= 15 is 0 Å². The maximum Gasteiger partial charge on any atom is 0.251 e. The zero-order valence-corrected chi connectivity index (χ0v) is 9.81. The lowest BCUT2D eigenvalue weighted by atomic mass is 10.1. The summed E-state index contributed by atoms with van der Waals surface area (Å²) in [7, 11) is 0. The van der Waals surface area contributed by atoms with Gasteiger partial charge in [-0.3, -0.25) is 4.79 Å². The average molecular weight is 246 g/mol. The zero-order chi connectivity index (χ0) is 12.3. The van der Waals surface area contributed by atoms with Crippen LogP contribution >= 0.6 is 11.6 Å². The topological polar surface area (TPSA) is 49.3 Å².